The zero-order valence-electron chi connectivity index (χ0n) is 10.9. The highest BCUT2D eigenvalue weighted by molar-refractivity contribution is 9.10. The monoisotopic (exact) mass is 299 g/mol. The van der Waals surface area contributed by atoms with Crippen molar-refractivity contribution in [1.29, 1.82) is 0 Å². The molecule has 96 valence electrons. The van der Waals surface area contributed by atoms with Crippen molar-refractivity contribution in [2.75, 3.05) is 13.7 Å². The third-order valence-electron chi connectivity index (χ3n) is 3.15. The average Bonchev–Trinajstić information content (AvgIpc) is 2.33. The summed E-state index contributed by atoms with van der Waals surface area (Å²) in [5.74, 6) is 1.58. The number of rotatable bonds is 7. The lowest BCUT2D eigenvalue weighted by molar-refractivity contribution is 0.257. The normalized spacial score (nSPS) is 14.4. The van der Waals surface area contributed by atoms with Crippen molar-refractivity contribution in [3.05, 3.63) is 28.7 Å². The number of hydrogen-bond donors (Lipinski definition) is 1. The van der Waals surface area contributed by atoms with Crippen molar-refractivity contribution in [2.24, 2.45) is 5.92 Å². The Labute approximate surface area is 113 Å². The summed E-state index contributed by atoms with van der Waals surface area (Å²) in [5.41, 5.74) is 0. The summed E-state index contributed by atoms with van der Waals surface area (Å²) < 4.78 is 6.81. The fourth-order valence-corrected chi connectivity index (χ4v) is 2.25. The molecule has 0 saturated heterocycles. The molecule has 1 N–H and O–H groups in total. The van der Waals surface area contributed by atoms with Gasteiger partial charge in [-0.2, -0.15) is 0 Å². The van der Waals surface area contributed by atoms with E-state index in [2.05, 4.69) is 35.1 Å². The number of benzene rings is 1. The maximum atomic E-state index is 5.72. The van der Waals surface area contributed by atoms with Crippen molar-refractivity contribution >= 4 is 15.9 Å². The van der Waals surface area contributed by atoms with Gasteiger partial charge in [0, 0.05) is 10.5 Å². The summed E-state index contributed by atoms with van der Waals surface area (Å²) in [6.07, 6.45) is 2.24. The van der Waals surface area contributed by atoms with Crippen molar-refractivity contribution in [2.45, 2.75) is 32.7 Å². The van der Waals surface area contributed by atoms with Crippen LogP contribution in [-0.4, -0.2) is 19.7 Å². The maximum absolute atomic E-state index is 5.72. The molecule has 2 nitrogen and oxygen atoms in total. The van der Waals surface area contributed by atoms with E-state index in [0.29, 0.717) is 12.0 Å². The summed E-state index contributed by atoms with van der Waals surface area (Å²) in [6, 6.07) is 8.57. The number of halogens is 1. The molecule has 1 aromatic carbocycles. The van der Waals surface area contributed by atoms with Crippen LogP contribution in [0.5, 0.6) is 5.75 Å². The first kappa shape index (κ1) is 14.5. The van der Waals surface area contributed by atoms with Gasteiger partial charge in [0.25, 0.3) is 0 Å². The van der Waals surface area contributed by atoms with Crippen LogP contribution in [-0.2, 0) is 0 Å². The number of ether oxygens (including phenoxy) is 1. The minimum absolute atomic E-state index is 0.587. The van der Waals surface area contributed by atoms with Crippen LogP contribution in [0.2, 0.25) is 0 Å². The zero-order valence-corrected chi connectivity index (χ0v) is 12.5. The Morgan fingerprint density at radius 1 is 1.29 bits per heavy atom. The Bertz CT molecular complexity index is 309. The lowest BCUT2D eigenvalue weighted by Gasteiger charge is -2.22. The lowest BCUT2D eigenvalue weighted by atomic mass is 9.97. The molecule has 1 rings (SSSR count). The summed E-state index contributed by atoms with van der Waals surface area (Å²) >= 11 is 3.41. The second kappa shape index (κ2) is 7.72. The second-order valence-electron chi connectivity index (χ2n) is 4.37. The topological polar surface area (TPSA) is 21.3 Å². The van der Waals surface area contributed by atoms with E-state index in [-0.39, 0.29) is 0 Å². The minimum atomic E-state index is 0.587. The van der Waals surface area contributed by atoms with Crippen LogP contribution in [0, 0.1) is 5.92 Å². The fourth-order valence-electron chi connectivity index (χ4n) is 1.99. The summed E-state index contributed by atoms with van der Waals surface area (Å²) in [5, 5.41) is 3.35. The van der Waals surface area contributed by atoms with E-state index in [0.717, 1.165) is 29.7 Å². The molecule has 0 bridgehead atoms. The van der Waals surface area contributed by atoms with Gasteiger partial charge in [0.2, 0.25) is 0 Å². The van der Waals surface area contributed by atoms with Crippen LogP contribution in [0.1, 0.15) is 26.7 Å². The van der Waals surface area contributed by atoms with Crippen LogP contribution in [0.15, 0.2) is 28.7 Å². The SMILES string of the molecule is CCC(NC)C(C)CCOc1ccc(Br)cc1. The van der Waals surface area contributed by atoms with Crippen molar-refractivity contribution < 1.29 is 4.74 Å². The molecule has 0 fully saturated rings. The molecular weight excluding hydrogens is 278 g/mol. The summed E-state index contributed by atoms with van der Waals surface area (Å²) in [7, 11) is 2.03. The molecule has 0 amide bonds. The smallest absolute Gasteiger partial charge is 0.119 e. The van der Waals surface area contributed by atoms with E-state index in [1.54, 1.807) is 0 Å². The highest BCUT2D eigenvalue weighted by Crippen LogP contribution is 2.17. The van der Waals surface area contributed by atoms with Gasteiger partial charge in [0.05, 0.1) is 6.61 Å². The largest absolute Gasteiger partial charge is 0.494 e. The van der Waals surface area contributed by atoms with Crippen LogP contribution in [0.3, 0.4) is 0 Å². The molecule has 17 heavy (non-hydrogen) atoms. The van der Waals surface area contributed by atoms with E-state index in [4.69, 9.17) is 4.74 Å². The summed E-state index contributed by atoms with van der Waals surface area (Å²) in [6.45, 7) is 5.27. The maximum Gasteiger partial charge on any atom is 0.119 e. The second-order valence-corrected chi connectivity index (χ2v) is 5.29. The van der Waals surface area contributed by atoms with Gasteiger partial charge in [-0.25, -0.2) is 0 Å². The van der Waals surface area contributed by atoms with Gasteiger partial charge >= 0.3 is 0 Å². The summed E-state index contributed by atoms with van der Waals surface area (Å²) in [4.78, 5) is 0. The minimum Gasteiger partial charge on any atom is -0.494 e. The first-order valence-corrected chi connectivity index (χ1v) is 7.02. The van der Waals surface area contributed by atoms with Crippen LogP contribution < -0.4 is 10.1 Å². The first-order valence-electron chi connectivity index (χ1n) is 6.23. The highest BCUT2D eigenvalue weighted by atomic mass is 79.9. The van der Waals surface area contributed by atoms with E-state index in [1.807, 2.05) is 31.3 Å². The molecular formula is C14H22BrNO. The molecule has 2 atom stereocenters. The predicted octanol–water partition coefficient (Wildman–Crippen LogP) is 3.85. The van der Waals surface area contributed by atoms with E-state index in [9.17, 15) is 0 Å². The van der Waals surface area contributed by atoms with Gasteiger partial charge < -0.3 is 10.1 Å². The Kier molecular flexibility index (Phi) is 6.60. The predicted molar refractivity (Wildman–Crippen MR) is 76.6 cm³/mol. The van der Waals surface area contributed by atoms with Crippen LogP contribution >= 0.6 is 15.9 Å². The third kappa shape index (κ3) is 5.09. The molecule has 0 aliphatic rings. The van der Waals surface area contributed by atoms with Gasteiger partial charge in [-0.1, -0.05) is 29.8 Å². The molecule has 0 aliphatic heterocycles. The molecule has 1 aromatic rings. The van der Waals surface area contributed by atoms with Crippen LogP contribution in [0.25, 0.3) is 0 Å². The van der Waals surface area contributed by atoms with E-state index in [1.165, 1.54) is 0 Å². The Morgan fingerprint density at radius 3 is 2.47 bits per heavy atom. The standard InChI is InChI=1S/C14H22BrNO/c1-4-14(16-3)11(2)9-10-17-13-7-5-12(15)6-8-13/h5-8,11,14,16H,4,9-10H2,1-3H3. The molecule has 0 saturated carbocycles. The Hall–Kier alpha value is -0.540. The zero-order chi connectivity index (χ0) is 12.7. The highest BCUT2D eigenvalue weighted by Gasteiger charge is 2.12. The van der Waals surface area contributed by atoms with Crippen LogP contribution in [0.4, 0.5) is 0 Å². The molecule has 3 heteroatoms. The van der Waals surface area contributed by atoms with Gasteiger partial charge in [0.15, 0.2) is 0 Å². The molecule has 0 radical (unpaired) electrons. The first-order chi connectivity index (χ1) is 8.17. The molecule has 0 heterocycles. The lowest BCUT2D eigenvalue weighted by Crippen LogP contribution is -2.32. The van der Waals surface area contributed by atoms with Gasteiger partial charge in [0.1, 0.15) is 5.75 Å². The third-order valence-corrected chi connectivity index (χ3v) is 3.68. The number of hydrogen-bond acceptors (Lipinski definition) is 2. The van der Waals surface area contributed by atoms with Gasteiger partial charge in [-0.05, 0) is 50.1 Å². The van der Waals surface area contributed by atoms with Crippen molar-refractivity contribution in [1.82, 2.24) is 5.32 Å². The van der Waals surface area contributed by atoms with Crippen molar-refractivity contribution in [3.8, 4) is 5.75 Å². The Morgan fingerprint density at radius 2 is 1.94 bits per heavy atom. The van der Waals surface area contributed by atoms with E-state index < -0.39 is 0 Å². The van der Waals surface area contributed by atoms with E-state index >= 15 is 0 Å². The quantitative estimate of drug-likeness (QED) is 0.826. The molecule has 0 aromatic heterocycles. The Balaban J connectivity index is 2.30. The van der Waals surface area contributed by atoms with Gasteiger partial charge in [-0.15, -0.1) is 0 Å². The molecule has 0 spiro atoms. The number of nitrogens with one attached hydrogen (secondary N) is 1. The van der Waals surface area contributed by atoms with Gasteiger partial charge in [-0.3, -0.25) is 0 Å². The average molecular weight is 300 g/mol. The molecule has 2 unspecified atom stereocenters. The molecule has 0 aliphatic carbocycles. The fraction of sp³-hybridized carbons (Fsp3) is 0.571. The van der Waals surface area contributed by atoms with Crippen molar-refractivity contribution in [3.63, 3.8) is 0 Å².